The third-order valence-electron chi connectivity index (χ3n) is 6.32. The Hall–Kier alpha value is -2.93. The summed E-state index contributed by atoms with van der Waals surface area (Å²) in [4.78, 5) is 29.5. The van der Waals surface area contributed by atoms with Crippen LogP contribution in [0.4, 0.5) is 4.39 Å². The zero-order valence-corrected chi connectivity index (χ0v) is 18.8. The second-order valence-electron chi connectivity index (χ2n) is 8.74. The topological polar surface area (TPSA) is 59.1 Å². The lowest BCUT2D eigenvalue weighted by Crippen LogP contribution is -2.46. The van der Waals surface area contributed by atoms with Gasteiger partial charge < -0.3 is 19.3 Å². The van der Waals surface area contributed by atoms with Crippen molar-refractivity contribution in [2.75, 3.05) is 32.8 Å². The fraction of sp³-hybridized carbons (Fsp3) is 0.462. The molecule has 0 bridgehead atoms. The molecule has 2 aliphatic heterocycles. The molecule has 0 N–H and O–H groups in total. The first-order valence-electron chi connectivity index (χ1n) is 11.7. The zero-order chi connectivity index (χ0) is 23.0. The summed E-state index contributed by atoms with van der Waals surface area (Å²) in [5.74, 6) is 0.196. The van der Waals surface area contributed by atoms with Crippen LogP contribution in [0, 0.1) is 11.7 Å². The number of amides is 2. The number of rotatable bonds is 8. The second-order valence-corrected chi connectivity index (χ2v) is 8.74. The van der Waals surface area contributed by atoms with Crippen molar-refractivity contribution in [2.45, 2.75) is 38.3 Å². The number of halogens is 1. The molecule has 0 saturated carbocycles. The van der Waals surface area contributed by atoms with Crippen molar-refractivity contribution in [3.8, 4) is 5.75 Å². The van der Waals surface area contributed by atoms with Gasteiger partial charge in [0, 0.05) is 38.7 Å². The Labute approximate surface area is 194 Å². The molecule has 0 aliphatic carbocycles. The summed E-state index contributed by atoms with van der Waals surface area (Å²) in [6, 6.07) is 15.7. The van der Waals surface area contributed by atoms with Gasteiger partial charge in [0.25, 0.3) is 5.91 Å². The molecule has 2 amide bonds. The highest BCUT2D eigenvalue weighted by Crippen LogP contribution is 2.23. The number of likely N-dealkylation sites (tertiary alicyclic amines) is 1. The minimum Gasteiger partial charge on any atom is -0.484 e. The van der Waals surface area contributed by atoms with Crippen LogP contribution in [0.25, 0.3) is 0 Å². The van der Waals surface area contributed by atoms with Gasteiger partial charge in [0.2, 0.25) is 5.91 Å². The van der Waals surface area contributed by atoms with Crippen LogP contribution in [0.15, 0.2) is 54.6 Å². The van der Waals surface area contributed by atoms with Crippen LogP contribution in [0.2, 0.25) is 0 Å². The van der Waals surface area contributed by atoms with Crippen LogP contribution in [0.1, 0.15) is 31.2 Å². The van der Waals surface area contributed by atoms with Crippen molar-refractivity contribution in [3.63, 3.8) is 0 Å². The first-order valence-corrected chi connectivity index (χ1v) is 11.7. The first-order chi connectivity index (χ1) is 16.1. The molecule has 6 nitrogen and oxygen atoms in total. The van der Waals surface area contributed by atoms with E-state index in [9.17, 15) is 14.0 Å². The standard InChI is InChI=1S/C26H31FN2O4/c27-22-7-4-6-20(16-22)17-29(18-24-10-5-15-32-24)26(31)21-11-13-28(14-12-21)25(30)19-33-23-8-2-1-3-9-23/h1-4,6-9,16,21,24H,5,10-15,17-19H2. The van der Waals surface area contributed by atoms with E-state index in [0.717, 1.165) is 25.0 Å². The smallest absolute Gasteiger partial charge is 0.260 e. The molecular formula is C26H31FN2O4. The minimum atomic E-state index is -0.304. The van der Waals surface area contributed by atoms with Crippen molar-refractivity contribution >= 4 is 11.8 Å². The summed E-state index contributed by atoms with van der Waals surface area (Å²) in [5.41, 5.74) is 0.770. The molecule has 2 fully saturated rings. The Morgan fingerprint density at radius 1 is 1.06 bits per heavy atom. The van der Waals surface area contributed by atoms with Crippen LogP contribution in [-0.4, -0.2) is 60.6 Å². The van der Waals surface area contributed by atoms with Gasteiger partial charge in [-0.25, -0.2) is 4.39 Å². The number of benzene rings is 2. The Morgan fingerprint density at radius 2 is 1.85 bits per heavy atom. The molecule has 33 heavy (non-hydrogen) atoms. The van der Waals surface area contributed by atoms with E-state index in [0.29, 0.717) is 44.8 Å². The molecule has 0 aromatic heterocycles. The van der Waals surface area contributed by atoms with Crippen LogP contribution < -0.4 is 4.74 Å². The lowest BCUT2D eigenvalue weighted by molar-refractivity contribution is -0.143. The number of carbonyl (C=O) groups is 2. The summed E-state index contributed by atoms with van der Waals surface area (Å²) in [6.45, 7) is 2.65. The predicted octanol–water partition coefficient (Wildman–Crippen LogP) is 3.65. The Balaban J connectivity index is 1.32. The van der Waals surface area contributed by atoms with Gasteiger partial charge >= 0.3 is 0 Å². The van der Waals surface area contributed by atoms with Gasteiger partial charge in [-0.1, -0.05) is 30.3 Å². The predicted molar refractivity (Wildman–Crippen MR) is 122 cm³/mol. The Bertz CT molecular complexity index is 925. The molecule has 2 aromatic rings. The molecule has 2 saturated heterocycles. The van der Waals surface area contributed by atoms with Gasteiger partial charge in [-0.3, -0.25) is 9.59 Å². The van der Waals surface area contributed by atoms with Crippen molar-refractivity contribution in [2.24, 2.45) is 5.92 Å². The third kappa shape index (κ3) is 6.54. The number of nitrogens with zero attached hydrogens (tertiary/aromatic N) is 2. The molecule has 0 spiro atoms. The average molecular weight is 455 g/mol. The highest BCUT2D eigenvalue weighted by molar-refractivity contribution is 5.80. The SMILES string of the molecule is O=C(COc1ccccc1)N1CCC(C(=O)N(Cc2cccc(F)c2)CC2CCCO2)CC1. The van der Waals surface area contributed by atoms with Gasteiger partial charge in [0.1, 0.15) is 11.6 Å². The van der Waals surface area contributed by atoms with Gasteiger partial charge in [-0.05, 0) is 55.5 Å². The monoisotopic (exact) mass is 454 g/mol. The third-order valence-corrected chi connectivity index (χ3v) is 6.32. The maximum atomic E-state index is 13.7. The quantitative estimate of drug-likeness (QED) is 0.611. The molecule has 2 aromatic carbocycles. The molecule has 7 heteroatoms. The molecule has 1 unspecified atom stereocenters. The largest absolute Gasteiger partial charge is 0.484 e. The first kappa shape index (κ1) is 23.2. The number of para-hydroxylation sites is 1. The summed E-state index contributed by atoms with van der Waals surface area (Å²) >= 11 is 0. The van der Waals surface area contributed by atoms with Gasteiger partial charge in [0.05, 0.1) is 6.10 Å². The van der Waals surface area contributed by atoms with E-state index >= 15 is 0 Å². The summed E-state index contributed by atoms with van der Waals surface area (Å²) < 4.78 is 25.0. The number of carbonyl (C=O) groups excluding carboxylic acids is 2. The van der Waals surface area contributed by atoms with Crippen molar-refractivity contribution in [3.05, 3.63) is 66.0 Å². The maximum absolute atomic E-state index is 13.7. The van der Waals surface area contributed by atoms with E-state index in [1.54, 1.807) is 11.0 Å². The molecule has 2 aliphatic rings. The van der Waals surface area contributed by atoms with E-state index in [1.807, 2.05) is 41.3 Å². The molecule has 1 atom stereocenters. The van der Waals surface area contributed by atoms with E-state index in [2.05, 4.69) is 0 Å². The minimum absolute atomic E-state index is 0.00661. The van der Waals surface area contributed by atoms with Crippen molar-refractivity contribution in [1.29, 1.82) is 0 Å². The fourth-order valence-corrected chi connectivity index (χ4v) is 4.51. The van der Waals surface area contributed by atoms with Crippen LogP contribution in [0.5, 0.6) is 5.75 Å². The Morgan fingerprint density at radius 3 is 2.55 bits per heavy atom. The van der Waals surface area contributed by atoms with E-state index in [1.165, 1.54) is 12.1 Å². The summed E-state index contributed by atoms with van der Waals surface area (Å²) in [7, 11) is 0. The summed E-state index contributed by atoms with van der Waals surface area (Å²) in [6.07, 6.45) is 3.18. The summed E-state index contributed by atoms with van der Waals surface area (Å²) in [5, 5.41) is 0. The average Bonchev–Trinajstić information content (AvgIpc) is 3.36. The molecule has 0 radical (unpaired) electrons. The fourth-order valence-electron chi connectivity index (χ4n) is 4.51. The molecule has 4 rings (SSSR count). The van der Waals surface area contributed by atoms with Crippen molar-refractivity contribution in [1.82, 2.24) is 9.80 Å². The van der Waals surface area contributed by atoms with Crippen LogP contribution >= 0.6 is 0 Å². The van der Waals surface area contributed by atoms with Crippen molar-refractivity contribution < 1.29 is 23.5 Å². The second kappa shape index (κ2) is 11.3. The van der Waals surface area contributed by atoms with Gasteiger partial charge in [0.15, 0.2) is 6.61 Å². The number of ether oxygens (including phenoxy) is 2. The van der Waals surface area contributed by atoms with Crippen LogP contribution in [0.3, 0.4) is 0 Å². The number of hydrogen-bond donors (Lipinski definition) is 0. The van der Waals surface area contributed by atoms with Crippen LogP contribution in [-0.2, 0) is 20.9 Å². The highest BCUT2D eigenvalue weighted by atomic mass is 19.1. The van der Waals surface area contributed by atoms with E-state index in [-0.39, 0.29) is 36.3 Å². The van der Waals surface area contributed by atoms with Gasteiger partial charge in [-0.2, -0.15) is 0 Å². The molecule has 176 valence electrons. The zero-order valence-electron chi connectivity index (χ0n) is 18.8. The lowest BCUT2D eigenvalue weighted by atomic mass is 9.94. The normalized spacial score (nSPS) is 18.8. The van der Waals surface area contributed by atoms with E-state index in [4.69, 9.17) is 9.47 Å². The van der Waals surface area contributed by atoms with Gasteiger partial charge in [-0.15, -0.1) is 0 Å². The molecular weight excluding hydrogens is 423 g/mol. The molecule has 2 heterocycles. The number of hydrogen-bond acceptors (Lipinski definition) is 4. The maximum Gasteiger partial charge on any atom is 0.260 e. The van der Waals surface area contributed by atoms with E-state index < -0.39 is 0 Å². The Kier molecular flexibility index (Phi) is 7.94. The highest BCUT2D eigenvalue weighted by Gasteiger charge is 2.32. The lowest BCUT2D eigenvalue weighted by Gasteiger charge is -2.35. The number of piperidine rings is 1.